The summed E-state index contributed by atoms with van der Waals surface area (Å²) in [7, 11) is 1.62. The first-order chi connectivity index (χ1) is 14.8. The standard InChI is InChI=1S/C24H31ClN2O3S/c1-5-22(24(29)26-14-17(2)3)27(15-18-6-10-20(30-4)11-7-18)23(28)16-31-21-12-8-19(25)9-13-21/h6-13,17,22H,5,14-16H2,1-4H3,(H,26,29)/t22-/m1/s1. The van der Waals surface area contributed by atoms with Crippen molar-refractivity contribution in [3.05, 3.63) is 59.1 Å². The molecule has 2 rings (SSSR count). The molecule has 0 aromatic heterocycles. The number of nitrogens with one attached hydrogen (secondary N) is 1. The molecule has 1 N–H and O–H groups in total. The van der Waals surface area contributed by atoms with Gasteiger partial charge in [0.25, 0.3) is 0 Å². The van der Waals surface area contributed by atoms with Gasteiger partial charge in [0, 0.05) is 23.0 Å². The normalized spacial score (nSPS) is 11.8. The maximum Gasteiger partial charge on any atom is 0.242 e. The van der Waals surface area contributed by atoms with E-state index in [-0.39, 0.29) is 17.6 Å². The van der Waals surface area contributed by atoms with E-state index >= 15 is 0 Å². The summed E-state index contributed by atoms with van der Waals surface area (Å²) in [5.41, 5.74) is 0.945. The Morgan fingerprint density at radius 2 is 1.74 bits per heavy atom. The minimum absolute atomic E-state index is 0.0812. The Kier molecular flexibility index (Phi) is 10.2. The number of rotatable bonds is 11. The van der Waals surface area contributed by atoms with Gasteiger partial charge in [0.1, 0.15) is 11.8 Å². The van der Waals surface area contributed by atoms with Crippen LogP contribution in [0.4, 0.5) is 0 Å². The zero-order chi connectivity index (χ0) is 22.8. The number of hydrogen-bond acceptors (Lipinski definition) is 4. The molecule has 0 fully saturated rings. The number of thioether (sulfide) groups is 1. The van der Waals surface area contributed by atoms with Crippen molar-refractivity contribution < 1.29 is 14.3 Å². The Bertz CT molecular complexity index is 841. The van der Waals surface area contributed by atoms with E-state index < -0.39 is 6.04 Å². The van der Waals surface area contributed by atoms with Crippen LogP contribution in [0.25, 0.3) is 0 Å². The highest BCUT2D eigenvalue weighted by Crippen LogP contribution is 2.23. The van der Waals surface area contributed by atoms with Crippen molar-refractivity contribution in [2.75, 3.05) is 19.4 Å². The van der Waals surface area contributed by atoms with Gasteiger partial charge in [0.05, 0.1) is 12.9 Å². The Morgan fingerprint density at radius 1 is 1.10 bits per heavy atom. The first-order valence-corrected chi connectivity index (χ1v) is 11.8. The van der Waals surface area contributed by atoms with Crippen LogP contribution in [0, 0.1) is 5.92 Å². The van der Waals surface area contributed by atoms with Crippen molar-refractivity contribution in [2.45, 2.75) is 44.7 Å². The fraction of sp³-hybridized carbons (Fsp3) is 0.417. The second-order valence-corrected chi connectivity index (χ2v) is 9.16. The third-order valence-electron chi connectivity index (χ3n) is 4.76. The van der Waals surface area contributed by atoms with Crippen LogP contribution in [-0.2, 0) is 16.1 Å². The lowest BCUT2D eigenvalue weighted by Crippen LogP contribution is -2.50. The van der Waals surface area contributed by atoms with E-state index in [4.69, 9.17) is 16.3 Å². The van der Waals surface area contributed by atoms with Crippen molar-refractivity contribution in [3.63, 3.8) is 0 Å². The molecule has 0 aliphatic carbocycles. The lowest BCUT2D eigenvalue weighted by atomic mass is 10.1. The summed E-state index contributed by atoms with van der Waals surface area (Å²) in [6.45, 7) is 6.96. The van der Waals surface area contributed by atoms with Crippen LogP contribution in [0.15, 0.2) is 53.4 Å². The molecule has 0 spiro atoms. The third-order valence-corrected chi connectivity index (χ3v) is 6.01. The van der Waals surface area contributed by atoms with E-state index in [1.807, 2.05) is 57.2 Å². The molecule has 0 saturated carbocycles. The van der Waals surface area contributed by atoms with E-state index in [1.165, 1.54) is 11.8 Å². The molecule has 1 atom stereocenters. The molecule has 2 amide bonds. The van der Waals surface area contributed by atoms with Gasteiger partial charge < -0.3 is 15.0 Å². The molecule has 0 unspecified atom stereocenters. The molecule has 7 heteroatoms. The number of carbonyl (C=O) groups excluding carboxylic acids is 2. The number of amides is 2. The topological polar surface area (TPSA) is 58.6 Å². The summed E-state index contributed by atoms with van der Waals surface area (Å²) in [5, 5.41) is 3.64. The molecule has 0 aliphatic rings. The predicted molar refractivity (Wildman–Crippen MR) is 128 cm³/mol. The van der Waals surface area contributed by atoms with E-state index in [9.17, 15) is 9.59 Å². The molecular weight excluding hydrogens is 432 g/mol. The molecule has 0 bridgehead atoms. The molecule has 0 saturated heterocycles. The summed E-state index contributed by atoms with van der Waals surface area (Å²) in [4.78, 5) is 28.7. The predicted octanol–water partition coefficient (Wildman–Crippen LogP) is 5.02. The number of benzene rings is 2. The molecular formula is C24H31ClN2O3S. The van der Waals surface area contributed by atoms with Gasteiger partial charge in [0.15, 0.2) is 0 Å². The van der Waals surface area contributed by atoms with Gasteiger partial charge in [-0.2, -0.15) is 0 Å². The Balaban J connectivity index is 2.18. The van der Waals surface area contributed by atoms with Gasteiger partial charge in [-0.25, -0.2) is 0 Å². The van der Waals surface area contributed by atoms with E-state index in [0.29, 0.717) is 30.5 Å². The molecule has 2 aromatic rings. The lowest BCUT2D eigenvalue weighted by Gasteiger charge is -2.31. The quantitative estimate of drug-likeness (QED) is 0.476. The average molecular weight is 463 g/mol. The number of ether oxygens (including phenoxy) is 1. The highest BCUT2D eigenvalue weighted by Gasteiger charge is 2.28. The van der Waals surface area contributed by atoms with Crippen molar-refractivity contribution in [3.8, 4) is 5.75 Å². The Hall–Kier alpha value is -2.18. The van der Waals surface area contributed by atoms with Crippen LogP contribution in [-0.4, -0.2) is 42.2 Å². The maximum atomic E-state index is 13.2. The SMILES string of the molecule is CC[C@H](C(=O)NCC(C)C)N(Cc1ccc(OC)cc1)C(=O)CSc1ccc(Cl)cc1. The zero-order valence-electron chi connectivity index (χ0n) is 18.6. The molecule has 0 radical (unpaired) electrons. The van der Waals surface area contributed by atoms with Gasteiger partial charge in [-0.05, 0) is 54.3 Å². The number of nitrogens with zero attached hydrogens (tertiary/aromatic N) is 1. The molecule has 0 heterocycles. The lowest BCUT2D eigenvalue weighted by molar-refractivity contribution is -0.139. The van der Waals surface area contributed by atoms with Crippen molar-refractivity contribution in [1.29, 1.82) is 0 Å². The first-order valence-electron chi connectivity index (χ1n) is 10.4. The van der Waals surface area contributed by atoms with Gasteiger partial charge in [-0.15, -0.1) is 11.8 Å². The molecule has 31 heavy (non-hydrogen) atoms. The van der Waals surface area contributed by atoms with Crippen LogP contribution < -0.4 is 10.1 Å². The number of halogens is 1. The highest BCUT2D eigenvalue weighted by molar-refractivity contribution is 8.00. The van der Waals surface area contributed by atoms with Gasteiger partial charge in [-0.1, -0.05) is 44.5 Å². The van der Waals surface area contributed by atoms with Gasteiger partial charge >= 0.3 is 0 Å². The van der Waals surface area contributed by atoms with Crippen molar-refractivity contribution >= 4 is 35.2 Å². The highest BCUT2D eigenvalue weighted by atomic mass is 35.5. The van der Waals surface area contributed by atoms with E-state index in [2.05, 4.69) is 5.32 Å². The zero-order valence-corrected chi connectivity index (χ0v) is 20.1. The second-order valence-electron chi connectivity index (χ2n) is 7.68. The second kappa shape index (κ2) is 12.6. The maximum absolute atomic E-state index is 13.2. The number of methoxy groups -OCH3 is 1. The summed E-state index contributed by atoms with van der Waals surface area (Å²) in [6.07, 6.45) is 0.539. The van der Waals surface area contributed by atoms with E-state index in [1.54, 1.807) is 24.1 Å². The van der Waals surface area contributed by atoms with E-state index in [0.717, 1.165) is 16.2 Å². The van der Waals surface area contributed by atoms with Crippen molar-refractivity contribution in [1.82, 2.24) is 10.2 Å². The summed E-state index contributed by atoms with van der Waals surface area (Å²) >= 11 is 7.38. The number of carbonyl (C=O) groups is 2. The fourth-order valence-corrected chi connectivity index (χ4v) is 3.94. The molecule has 2 aromatic carbocycles. The Morgan fingerprint density at radius 3 is 2.29 bits per heavy atom. The van der Waals surface area contributed by atoms with Gasteiger partial charge in [0.2, 0.25) is 11.8 Å². The summed E-state index contributed by atoms with van der Waals surface area (Å²) in [5.74, 6) is 1.14. The minimum atomic E-state index is -0.529. The van der Waals surface area contributed by atoms with Crippen LogP contribution in [0.3, 0.4) is 0 Å². The molecule has 168 valence electrons. The number of hydrogen-bond donors (Lipinski definition) is 1. The largest absolute Gasteiger partial charge is 0.497 e. The first kappa shape index (κ1) is 25.1. The summed E-state index contributed by atoms with van der Waals surface area (Å²) < 4.78 is 5.22. The molecule has 5 nitrogen and oxygen atoms in total. The Labute approximate surface area is 194 Å². The monoisotopic (exact) mass is 462 g/mol. The van der Waals surface area contributed by atoms with Crippen LogP contribution >= 0.6 is 23.4 Å². The van der Waals surface area contributed by atoms with Crippen LogP contribution in [0.1, 0.15) is 32.8 Å². The van der Waals surface area contributed by atoms with Crippen LogP contribution in [0.5, 0.6) is 5.75 Å². The smallest absolute Gasteiger partial charge is 0.242 e. The average Bonchev–Trinajstić information content (AvgIpc) is 2.77. The summed E-state index contributed by atoms with van der Waals surface area (Å²) in [6, 6.07) is 14.4. The fourth-order valence-electron chi connectivity index (χ4n) is 3.03. The molecule has 0 aliphatic heterocycles. The van der Waals surface area contributed by atoms with Crippen LogP contribution in [0.2, 0.25) is 5.02 Å². The van der Waals surface area contributed by atoms with Crippen molar-refractivity contribution in [2.24, 2.45) is 5.92 Å². The van der Waals surface area contributed by atoms with Gasteiger partial charge in [-0.3, -0.25) is 9.59 Å². The minimum Gasteiger partial charge on any atom is -0.497 e. The third kappa shape index (κ3) is 8.11.